The lowest BCUT2D eigenvalue weighted by Crippen LogP contribution is -2.46. The summed E-state index contributed by atoms with van der Waals surface area (Å²) in [6, 6.07) is 8.44. The summed E-state index contributed by atoms with van der Waals surface area (Å²) in [6.07, 6.45) is 4.06. The molecule has 1 aromatic carbocycles. The van der Waals surface area contributed by atoms with E-state index in [1.54, 1.807) is 0 Å². The predicted octanol–water partition coefficient (Wildman–Crippen LogP) is 4.49. The zero-order valence-corrected chi connectivity index (χ0v) is 15.5. The van der Waals surface area contributed by atoms with Crippen LogP contribution in [0.15, 0.2) is 24.3 Å². The van der Waals surface area contributed by atoms with E-state index >= 15 is 0 Å². The Kier molecular flexibility index (Phi) is 4.50. The lowest BCUT2D eigenvalue weighted by atomic mass is 9.65. The van der Waals surface area contributed by atoms with Crippen LogP contribution in [0.1, 0.15) is 71.3 Å². The van der Waals surface area contributed by atoms with E-state index in [1.807, 2.05) is 4.90 Å². The molecule has 2 fully saturated rings. The van der Waals surface area contributed by atoms with Gasteiger partial charge in [0.15, 0.2) is 0 Å². The second kappa shape index (κ2) is 6.18. The molecule has 0 atom stereocenters. The van der Waals surface area contributed by atoms with Crippen molar-refractivity contribution >= 4 is 11.6 Å². The smallest absolute Gasteiger partial charge is 0.233 e. The molecule has 2 aliphatic rings. The Morgan fingerprint density at radius 2 is 1.54 bits per heavy atom. The Morgan fingerprint density at radius 1 is 0.958 bits per heavy atom. The molecule has 0 radical (unpaired) electrons. The number of carbonyl (C=O) groups is 1. The van der Waals surface area contributed by atoms with Crippen molar-refractivity contribution in [3.63, 3.8) is 0 Å². The minimum absolute atomic E-state index is 0.238. The third kappa shape index (κ3) is 2.88. The molecule has 132 valence electrons. The van der Waals surface area contributed by atoms with Gasteiger partial charge in [0, 0.05) is 12.2 Å². The molecule has 1 N–H and O–H groups in total. The van der Waals surface area contributed by atoms with Crippen molar-refractivity contribution in [2.45, 2.75) is 71.3 Å². The van der Waals surface area contributed by atoms with Gasteiger partial charge in [-0.3, -0.25) is 4.79 Å². The van der Waals surface area contributed by atoms with E-state index in [4.69, 9.17) is 0 Å². The van der Waals surface area contributed by atoms with Crippen molar-refractivity contribution in [3.05, 3.63) is 29.8 Å². The second-order valence-corrected chi connectivity index (χ2v) is 8.49. The van der Waals surface area contributed by atoms with Gasteiger partial charge in [0.1, 0.15) is 0 Å². The SMILES string of the molecule is CC(C)c1ccc(N2CCC3(CCC(O)(C(C)C)CC3)C2=O)cc1. The summed E-state index contributed by atoms with van der Waals surface area (Å²) in [6.45, 7) is 9.33. The highest BCUT2D eigenvalue weighted by Crippen LogP contribution is 2.50. The van der Waals surface area contributed by atoms with Gasteiger partial charge in [0.25, 0.3) is 0 Å². The van der Waals surface area contributed by atoms with E-state index in [2.05, 4.69) is 52.0 Å². The molecule has 1 aliphatic heterocycles. The lowest BCUT2D eigenvalue weighted by Gasteiger charge is -2.43. The Labute approximate surface area is 146 Å². The maximum atomic E-state index is 13.1. The van der Waals surface area contributed by atoms with Crippen LogP contribution in [0, 0.1) is 11.3 Å². The van der Waals surface area contributed by atoms with Gasteiger partial charge >= 0.3 is 0 Å². The summed E-state index contributed by atoms with van der Waals surface area (Å²) in [5, 5.41) is 10.7. The van der Waals surface area contributed by atoms with E-state index in [-0.39, 0.29) is 17.2 Å². The van der Waals surface area contributed by atoms with Crippen molar-refractivity contribution < 1.29 is 9.90 Å². The van der Waals surface area contributed by atoms with Crippen molar-refractivity contribution in [3.8, 4) is 0 Å². The fourth-order valence-electron chi connectivity index (χ4n) is 4.31. The molecule has 0 unspecified atom stereocenters. The number of carbonyl (C=O) groups excluding carboxylic acids is 1. The molecule has 3 nitrogen and oxygen atoms in total. The second-order valence-electron chi connectivity index (χ2n) is 8.49. The zero-order valence-electron chi connectivity index (χ0n) is 15.5. The van der Waals surface area contributed by atoms with E-state index in [9.17, 15) is 9.90 Å². The van der Waals surface area contributed by atoms with Crippen molar-refractivity contribution in [1.29, 1.82) is 0 Å². The topological polar surface area (TPSA) is 40.5 Å². The summed E-state index contributed by atoms with van der Waals surface area (Å²) < 4.78 is 0. The normalized spacial score (nSPS) is 30.8. The Balaban J connectivity index is 1.74. The van der Waals surface area contributed by atoms with Crippen molar-refractivity contribution in [2.75, 3.05) is 11.4 Å². The number of nitrogens with zero attached hydrogens (tertiary/aromatic N) is 1. The number of rotatable bonds is 3. The molecule has 1 heterocycles. The third-order valence-electron chi connectivity index (χ3n) is 6.53. The summed E-state index contributed by atoms with van der Waals surface area (Å²) in [7, 11) is 0. The van der Waals surface area contributed by atoms with Gasteiger partial charge in [-0.05, 0) is 61.6 Å². The number of anilines is 1. The average molecular weight is 329 g/mol. The van der Waals surface area contributed by atoms with Crippen LogP contribution in [0.4, 0.5) is 5.69 Å². The van der Waals surface area contributed by atoms with Gasteiger partial charge in [-0.2, -0.15) is 0 Å². The number of benzene rings is 1. The Bertz CT molecular complexity index is 595. The van der Waals surface area contributed by atoms with Gasteiger partial charge in [-0.1, -0.05) is 39.8 Å². The minimum atomic E-state index is -0.585. The molecule has 1 aromatic rings. The maximum absolute atomic E-state index is 13.1. The largest absolute Gasteiger partial charge is 0.390 e. The summed E-state index contributed by atoms with van der Waals surface area (Å²) >= 11 is 0. The quantitative estimate of drug-likeness (QED) is 0.887. The lowest BCUT2D eigenvalue weighted by molar-refractivity contribution is -0.132. The summed E-state index contributed by atoms with van der Waals surface area (Å²) in [4.78, 5) is 15.1. The van der Waals surface area contributed by atoms with Gasteiger partial charge in [0.2, 0.25) is 5.91 Å². The van der Waals surface area contributed by atoms with Crippen LogP contribution < -0.4 is 4.90 Å². The molecule has 0 aromatic heterocycles. The first-order valence-electron chi connectivity index (χ1n) is 9.42. The van der Waals surface area contributed by atoms with Crippen LogP contribution in [0.3, 0.4) is 0 Å². The molecule has 0 bridgehead atoms. The fourth-order valence-corrected chi connectivity index (χ4v) is 4.31. The number of amides is 1. The number of hydrogen-bond donors (Lipinski definition) is 1. The Hall–Kier alpha value is -1.35. The minimum Gasteiger partial charge on any atom is -0.390 e. The van der Waals surface area contributed by atoms with E-state index in [0.717, 1.165) is 44.3 Å². The van der Waals surface area contributed by atoms with E-state index in [1.165, 1.54) is 5.56 Å². The van der Waals surface area contributed by atoms with Gasteiger partial charge < -0.3 is 10.0 Å². The van der Waals surface area contributed by atoms with Crippen LogP contribution in [0.25, 0.3) is 0 Å². The average Bonchev–Trinajstić information content (AvgIpc) is 2.87. The monoisotopic (exact) mass is 329 g/mol. The van der Waals surface area contributed by atoms with Crippen molar-refractivity contribution in [1.82, 2.24) is 0 Å². The maximum Gasteiger partial charge on any atom is 0.233 e. The van der Waals surface area contributed by atoms with Crippen LogP contribution in [0.2, 0.25) is 0 Å². The first-order chi connectivity index (χ1) is 11.3. The molecule has 1 saturated heterocycles. The molecular weight excluding hydrogens is 298 g/mol. The predicted molar refractivity (Wildman–Crippen MR) is 98.2 cm³/mol. The number of aliphatic hydroxyl groups is 1. The molecule has 3 rings (SSSR count). The zero-order chi connectivity index (χ0) is 17.5. The molecule has 24 heavy (non-hydrogen) atoms. The Morgan fingerprint density at radius 3 is 2.04 bits per heavy atom. The molecule has 1 saturated carbocycles. The highest BCUT2D eigenvalue weighted by molar-refractivity contribution is 6.00. The molecule has 1 amide bonds. The number of hydrogen-bond acceptors (Lipinski definition) is 2. The van der Waals surface area contributed by atoms with Crippen LogP contribution in [0.5, 0.6) is 0 Å². The third-order valence-corrected chi connectivity index (χ3v) is 6.53. The van der Waals surface area contributed by atoms with Crippen LogP contribution >= 0.6 is 0 Å². The standard InChI is InChI=1S/C21H31NO2/c1-15(2)17-5-7-18(8-6-17)22-14-13-20(19(22)23)9-11-21(24,12-10-20)16(3)4/h5-8,15-16,24H,9-14H2,1-4H3. The molecule has 1 spiro atoms. The van der Waals surface area contributed by atoms with Crippen molar-refractivity contribution in [2.24, 2.45) is 11.3 Å². The van der Waals surface area contributed by atoms with E-state index in [0.29, 0.717) is 5.92 Å². The van der Waals surface area contributed by atoms with Gasteiger partial charge in [0.05, 0.1) is 11.0 Å². The molecule has 3 heteroatoms. The van der Waals surface area contributed by atoms with E-state index < -0.39 is 5.60 Å². The fraction of sp³-hybridized carbons (Fsp3) is 0.667. The molecule has 1 aliphatic carbocycles. The summed E-state index contributed by atoms with van der Waals surface area (Å²) in [5.74, 6) is 1.03. The highest BCUT2D eigenvalue weighted by atomic mass is 16.3. The highest BCUT2D eigenvalue weighted by Gasteiger charge is 2.52. The first-order valence-corrected chi connectivity index (χ1v) is 9.42. The molecular formula is C21H31NO2. The van der Waals surface area contributed by atoms with Crippen LogP contribution in [-0.2, 0) is 4.79 Å². The first kappa shape index (κ1) is 17.5. The van der Waals surface area contributed by atoms with Gasteiger partial charge in [-0.15, -0.1) is 0 Å². The summed E-state index contributed by atoms with van der Waals surface area (Å²) in [5.41, 5.74) is 1.50. The van der Waals surface area contributed by atoms with Gasteiger partial charge in [-0.25, -0.2) is 0 Å². The van der Waals surface area contributed by atoms with Crippen LogP contribution in [-0.4, -0.2) is 23.2 Å².